The number of anilines is 1. The predicted octanol–water partition coefficient (Wildman–Crippen LogP) is 3.70. The average Bonchev–Trinajstić information content (AvgIpc) is 2.47. The summed E-state index contributed by atoms with van der Waals surface area (Å²) < 4.78 is 0.937. The number of oxime groups is 1. The summed E-state index contributed by atoms with van der Waals surface area (Å²) in [6.45, 7) is 3.26. The Hall–Kier alpha value is -1.23. The Morgan fingerprint density at radius 3 is 3.00 bits per heavy atom. The average molecular weight is 340 g/mol. The van der Waals surface area contributed by atoms with Gasteiger partial charge in [0.15, 0.2) is 5.84 Å². The van der Waals surface area contributed by atoms with Crippen LogP contribution in [0.25, 0.3) is 0 Å². The fourth-order valence-corrected chi connectivity index (χ4v) is 3.33. The Balaban J connectivity index is 2.39. The predicted molar refractivity (Wildman–Crippen MR) is 86.5 cm³/mol. The number of hydrogen-bond acceptors (Lipinski definition) is 3. The summed E-state index contributed by atoms with van der Waals surface area (Å²) in [7, 11) is 0. The van der Waals surface area contributed by atoms with Crippen molar-refractivity contribution in [3.63, 3.8) is 0 Å². The molecule has 0 spiro atoms. The molecule has 4 nitrogen and oxygen atoms in total. The Bertz CT molecular complexity index is 488. The lowest BCUT2D eigenvalue weighted by Crippen LogP contribution is -2.40. The van der Waals surface area contributed by atoms with E-state index in [0.29, 0.717) is 6.04 Å². The molecule has 0 radical (unpaired) electrons. The molecule has 0 aromatic heterocycles. The Kier molecular flexibility index (Phi) is 5.29. The van der Waals surface area contributed by atoms with Gasteiger partial charge in [-0.15, -0.1) is 0 Å². The smallest absolute Gasteiger partial charge is 0.172 e. The molecule has 1 aliphatic heterocycles. The molecule has 2 rings (SSSR count). The molecular formula is C15H22BrN3O. The normalized spacial score (nSPS) is 20.2. The molecule has 0 bridgehead atoms. The summed E-state index contributed by atoms with van der Waals surface area (Å²) in [5.41, 5.74) is 7.71. The number of benzene rings is 1. The Labute approximate surface area is 128 Å². The van der Waals surface area contributed by atoms with Gasteiger partial charge in [0.05, 0.1) is 0 Å². The molecule has 1 aromatic rings. The van der Waals surface area contributed by atoms with Crippen molar-refractivity contribution in [2.24, 2.45) is 10.9 Å². The van der Waals surface area contributed by atoms with Crippen LogP contribution in [0, 0.1) is 0 Å². The van der Waals surface area contributed by atoms with E-state index in [1.54, 1.807) is 0 Å². The lowest BCUT2D eigenvalue weighted by Gasteiger charge is -2.38. The van der Waals surface area contributed by atoms with E-state index in [4.69, 9.17) is 10.9 Å². The van der Waals surface area contributed by atoms with Crippen LogP contribution in [0.15, 0.2) is 27.8 Å². The van der Waals surface area contributed by atoms with E-state index in [1.165, 1.54) is 32.1 Å². The highest BCUT2D eigenvalue weighted by Gasteiger charge is 2.24. The maximum atomic E-state index is 9.00. The first-order valence-electron chi connectivity index (χ1n) is 7.21. The van der Waals surface area contributed by atoms with Crippen molar-refractivity contribution in [1.29, 1.82) is 0 Å². The molecule has 1 unspecified atom stereocenters. The maximum absolute atomic E-state index is 9.00. The molecule has 1 aromatic carbocycles. The number of hydrogen-bond donors (Lipinski definition) is 2. The SMILES string of the molecule is CCCC1CCCCN1c1ccc(Br)cc1/C(N)=N/O. The zero-order valence-electron chi connectivity index (χ0n) is 11.8. The Morgan fingerprint density at radius 2 is 2.30 bits per heavy atom. The van der Waals surface area contributed by atoms with E-state index in [0.717, 1.165) is 22.3 Å². The zero-order chi connectivity index (χ0) is 14.5. The first kappa shape index (κ1) is 15.2. The first-order chi connectivity index (χ1) is 9.67. The number of nitrogens with zero attached hydrogens (tertiary/aromatic N) is 2. The van der Waals surface area contributed by atoms with Gasteiger partial charge in [-0.1, -0.05) is 34.4 Å². The van der Waals surface area contributed by atoms with E-state index in [2.05, 4.69) is 39.0 Å². The van der Waals surface area contributed by atoms with Crippen LogP contribution in [-0.2, 0) is 0 Å². The molecule has 1 fully saturated rings. The van der Waals surface area contributed by atoms with Crippen molar-refractivity contribution in [3.8, 4) is 0 Å². The van der Waals surface area contributed by atoms with Crippen molar-refractivity contribution in [2.45, 2.75) is 45.1 Å². The van der Waals surface area contributed by atoms with Crippen LogP contribution in [0.5, 0.6) is 0 Å². The van der Waals surface area contributed by atoms with Crippen LogP contribution in [0.1, 0.15) is 44.6 Å². The summed E-state index contributed by atoms with van der Waals surface area (Å²) in [5, 5.41) is 12.2. The van der Waals surface area contributed by atoms with Crippen molar-refractivity contribution < 1.29 is 5.21 Å². The monoisotopic (exact) mass is 339 g/mol. The molecule has 0 aliphatic carbocycles. The molecule has 1 aliphatic rings. The minimum atomic E-state index is 0.169. The summed E-state index contributed by atoms with van der Waals surface area (Å²) in [5.74, 6) is 0.169. The van der Waals surface area contributed by atoms with Crippen LogP contribution in [-0.4, -0.2) is 23.6 Å². The van der Waals surface area contributed by atoms with Gasteiger partial charge < -0.3 is 15.8 Å². The lowest BCUT2D eigenvalue weighted by atomic mass is 9.96. The molecular weight excluding hydrogens is 318 g/mol. The maximum Gasteiger partial charge on any atom is 0.172 e. The lowest BCUT2D eigenvalue weighted by molar-refractivity contribution is 0.318. The number of halogens is 1. The highest BCUT2D eigenvalue weighted by atomic mass is 79.9. The molecule has 1 saturated heterocycles. The number of piperidine rings is 1. The van der Waals surface area contributed by atoms with Gasteiger partial charge in [0.1, 0.15) is 0 Å². The van der Waals surface area contributed by atoms with E-state index < -0.39 is 0 Å². The summed E-state index contributed by atoms with van der Waals surface area (Å²) in [6.07, 6.45) is 6.07. The van der Waals surface area contributed by atoms with Gasteiger partial charge in [0.25, 0.3) is 0 Å². The molecule has 1 atom stereocenters. The number of rotatable bonds is 4. The standard InChI is InChI=1S/C15H22BrN3O/c1-2-5-12-6-3-4-9-19(12)14-8-7-11(16)10-13(14)15(17)18-20/h7-8,10,12,20H,2-6,9H2,1H3,(H2,17,18). The molecule has 0 amide bonds. The number of nitrogens with two attached hydrogens (primary N) is 1. The van der Waals surface area contributed by atoms with Crippen molar-refractivity contribution in [2.75, 3.05) is 11.4 Å². The van der Waals surface area contributed by atoms with E-state index in [9.17, 15) is 0 Å². The summed E-state index contributed by atoms with van der Waals surface area (Å²) in [4.78, 5) is 2.42. The van der Waals surface area contributed by atoms with E-state index in [-0.39, 0.29) is 5.84 Å². The van der Waals surface area contributed by atoms with Crippen LogP contribution in [0.4, 0.5) is 5.69 Å². The van der Waals surface area contributed by atoms with E-state index in [1.807, 2.05) is 12.1 Å². The van der Waals surface area contributed by atoms with Gasteiger partial charge in [-0.05, 0) is 43.9 Å². The highest BCUT2D eigenvalue weighted by molar-refractivity contribution is 9.10. The van der Waals surface area contributed by atoms with Gasteiger partial charge in [-0.2, -0.15) is 0 Å². The van der Waals surface area contributed by atoms with Crippen LogP contribution in [0.2, 0.25) is 0 Å². The molecule has 5 heteroatoms. The van der Waals surface area contributed by atoms with Crippen LogP contribution >= 0.6 is 15.9 Å². The quantitative estimate of drug-likeness (QED) is 0.380. The zero-order valence-corrected chi connectivity index (χ0v) is 13.4. The van der Waals surface area contributed by atoms with Crippen molar-refractivity contribution >= 4 is 27.5 Å². The molecule has 1 heterocycles. The summed E-state index contributed by atoms with van der Waals surface area (Å²) >= 11 is 3.45. The fourth-order valence-electron chi connectivity index (χ4n) is 2.97. The minimum Gasteiger partial charge on any atom is -0.409 e. The first-order valence-corrected chi connectivity index (χ1v) is 8.00. The van der Waals surface area contributed by atoms with Gasteiger partial charge in [0, 0.05) is 28.3 Å². The second-order valence-electron chi connectivity index (χ2n) is 5.28. The highest BCUT2D eigenvalue weighted by Crippen LogP contribution is 2.31. The van der Waals surface area contributed by atoms with Crippen LogP contribution < -0.4 is 10.6 Å². The topological polar surface area (TPSA) is 61.8 Å². The van der Waals surface area contributed by atoms with Gasteiger partial charge in [0.2, 0.25) is 0 Å². The van der Waals surface area contributed by atoms with Crippen molar-refractivity contribution in [3.05, 3.63) is 28.2 Å². The van der Waals surface area contributed by atoms with Crippen molar-refractivity contribution in [1.82, 2.24) is 0 Å². The van der Waals surface area contributed by atoms with Crippen LogP contribution in [0.3, 0.4) is 0 Å². The second-order valence-corrected chi connectivity index (χ2v) is 6.19. The van der Waals surface area contributed by atoms with Gasteiger partial charge in [-0.25, -0.2) is 0 Å². The summed E-state index contributed by atoms with van der Waals surface area (Å²) in [6, 6.07) is 6.55. The largest absolute Gasteiger partial charge is 0.409 e. The fraction of sp³-hybridized carbons (Fsp3) is 0.533. The van der Waals surface area contributed by atoms with Gasteiger partial charge in [-0.3, -0.25) is 0 Å². The molecule has 3 N–H and O–H groups in total. The second kappa shape index (κ2) is 6.97. The minimum absolute atomic E-state index is 0.169. The van der Waals surface area contributed by atoms with Gasteiger partial charge >= 0.3 is 0 Å². The molecule has 20 heavy (non-hydrogen) atoms. The Morgan fingerprint density at radius 1 is 1.50 bits per heavy atom. The van der Waals surface area contributed by atoms with E-state index >= 15 is 0 Å². The molecule has 0 saturated carbocycles. The third-order valence-electron chi connectivity index (χ3n) is 3.90. The third-order valence-corrected chi connectivity index (χ3v) is 4.39. The molecule has 110 valence electrons. The third kappa shape index (κ3) is 3.26. The number of amidine groups is 1.